The summed E-state index contributed by atoms with van der Waals surface area (Å²) in [5, 5.41) is 5.35. The van der Waals surface area contributed by atoms with Gasteiger partial charge in [-0.25, -0.2) is 0 Å². The van der Waals surface area contributed by atoms with Gasteiger partial charge in [0.05, 0.1) is 18.3 Å². The van der Waals surface area contributed by atoms with Crippen LogP contribution in [0.5, 0.6) is 0 Å². The summed E-state index contributed by atoms with van der Waals surface area (Å²) >= 11 is 0. The second kappa shape index (κ2) is 12.6. The summed E-state index contributed by atoms with van der Waals surface area (Å²) in [7, 11) is 0. The van der Waals surface area contributed by atoms with Crippen molar-refractivity contribution in [1.82, 2.24) is 25.3 Å². The zero-order chi connectivity index (χ0) is 28.0. The summed E-state index contributed by atoms with van der Waals surface area (Å²) < 4.78 is 38.7. The number of nitrogens with one attached hydrogen (secondary N) is 2. The summed E-state index contributed by atoms with van der Waals surface area (Å²) in [6.07, 6.45) is -3.02. The lowest BCUT2D eigenvalue weighted by Gasteiger charge is -2.40. The average molecular weight is 546 g/mol. The Morgan fingerprint density at radius 1 is 0.949 bits per heavy atom. The van der Waals surface area contributed by atoms with E-state index in [1.807, 2.05) is 35.2 Å². The monoisotopic (exact) mass is 545 g/mol. The molecule has 0 spiro atoms. The van der Waals surface area contributed by atoms with Crippen molar-refractivity contribution in [2.24, 2.45) is 0 Å². The summed E-state index contributed by atoms with van der Waals surface area (Å²) in [5.74, 6) is -1.09. The van der Waals surface area contributed by atoms with Gasteiger partial charge in [0.2, 0.25) is 5.91 Å². The number of likely N-dealkylation sites (tertiary alicyclic amines) is 1. The third-order valence-electron chi connectivity index (χ3n) is 7.30. The molecular weight excluding hydrogens is 511 g/mol. The molecule has 3 amide bonds. The van der Waals surface area contributed by atoms with Gasteiger partial charge in [-0.05, 0) is 50.1 Å². The standard InChI is InChI=1S/C28H34F3N5O3/c1-20(34-13-15-35(16-14-34)27(39)21-7-3-2-4-8-21)19-36-12-6-11-24(36)33-25(37)18-32-26(38)22-9-5-10-23(17-22)28(29,30)31/h2-5,7-10,17,20,24H,6,11-16,18-19H2,1H3,(H,32,38)(H,33,37). The molecule has 8 nitrogen and oxygen atoms in total. The van der Waals surface area contributed by atoms with E-state index in [2.05, 4.69) is 27.4 Å². The summed E-state index contributed by atoms with van der Waals surface area (Å²) in [5.41, 5.74) is -0.375. The third kappa shape index (κ3) is 7.57. The van der Waals surface area contributed by atoms with Crippen LogP contribution in [0.4, 0.5) is 13.2 Å². The molecule has 2 aliphatic rings. The van der Waals surface area contributed by atoms with Crippen LogP contribution >= 0.6 is 0 Å². The number of nitrogens with zero attached hydrogens (tertiary/aromatic N) is 3. The minimum Gasteiger partial charge on any atom is -0.343 e. The molecule has 2 aromatic carbocycles. The molecule has 0 saturated carbocycles. The summed E-state index contributed by atoms with van der Waals surface area (Å²) in [6, 6.07) is 13.6. The van der Waals surface area contributed by atoms with Crippen LogP contribution in [0.3, 0.4) is 0 Å². The number of amides is 3. The molecule has 2 aliphatic heterocycles. The number of hydrogen-bond donors (Lipinski definition) is 2. The maximum Gasteiger partial charge on any atom is 0.416 e. The minimum absolute atomic E-state index is 0.0466. The van der Waals surface area contributed by atoms with Crippen LogP contribution in [-0.4, -0.2) is 90.4 Å². The molecule has 2 heterocycles. The first kappa shape index (κ1) is 28.6. The molecule has 0 aromatic heterocycles. The predicted octanol–water partition coefficient (Wildman–Crippen LogP) is 2.82. The third-order valence-corrected chi connectivity index (χ3v) is 7.30. The number of hydrogen-bond acceptors (Lipinski definition) is 5. The Labute approximate surface area is 226 Å². The summed E-state index contributed by atoms with van der Waals surface area (Å²) in [4.78, 5) is 44.0. The number of carbonyl (C=O) groups excluding carboxylic acids is 3. The van der Waals surface area contributed by atoms with E-state index in [1.165, 1.54) is 6.07 Å². The minimum atomic E-state index is -4.55. The molecule has 2 unspecified atom stereocenters. The van der Waals surface area contributed by atoms with E-state index in [1.54, 1.807) is 0 Å². The predicted molar refractivity (Wildman–Crippen MR) is 140 cm³/mol. The highest BCUT2D eigenvalue weighted by Gasteiger charge is 2.32. The highest BCUT2D eigenvalue weighted by molar-refractivity contribution is 5.96. The van der Waals surface area contributed by atoms with E-state index in [4.69, 9.17) is 0 Å². The van der Waals surface area contributed by atoms with Crippen molar-refractivity contribution in [2.45, 2.75) is 38.1 Å². The van der Waals surface area contributed by atoms with E-state index in [0.29, 0.717) is 18.7 Å². The number of carbonyl (C=O) groups is 3. The number of piperazine rings is 1. The quantitative estimate of drug-likeness (QED) is 0.533. The Morgan fingerprint density at radius 3 is 2.33 bits per heavy atom. The zero-order valence-electron chi connectivity index (χ0n) is 21.9. The van der Waals surface area contributed by atoms with Gasteiger partial charge < -0.3 is 15.5 Å². The lowest BCUT2D eigenvalue weighted by atomic mass is 10.1. The highest BCUT2D eigenvalue weighted by Crippen LogP contribution is 2.29. The Morgan fingerprint density at radius 2 is 1.64 bits per heavy atom. The SMILES string of the molecule is CC(CN1CCCC1NC(=O)CNC(=O)c1cccc(C(F)(F)F)c1)N1CCN(C(=O)c2ccccc2)CC1. The number of benzene rings is 2. The van der Waals surface area contributed by atoms with Crippen molar-refractivity contribution in [3.8, 4) is 0 Å². The van der Waals surface area contributed by atoms with E-state index in [-0.39, 0.29) is 30.2 Å². The van der Waals surface area contributed by atoms with Crippen LogP contribution in [0.2, 0.25) is 0 Å². The molecule has 2 N–H and O–H groups in total. The van der Waals surface area contributed by atoms with Crippen molar-refractivity contribution in [1.29, 1.82) is 0 Å². The maximum absolute atomic E-state index is 12.9. The molecule has 11 heteroatoms. The topological polar surface area (TPSA) is 85.0 Å². The first-order valence-corrected chi connectivity index (χ1v) is 13.2. The summed E-state index contributed by atoms with van der Waals surface area (Å²) in [6.45, 7) is 6.24. The fourth-order valence-corrected chi connectivity index (χ4v) is 5.13. The van der Waals surface area contributed by atoms with Crippen LogP contribution in [-0.2, 0) is 11.0 Å². The van der Waals surface area contributed by atoms with Crippen LogP contribution in [0.15, 0.2) is 54.6 Å². The Hall–Kier alpha value is -3.44. The first-order chi connectivity index (χ1) is 18.6. The molecule has 4 rings (SSSR count). The van der Waals surface area contributed by atoms with Crippen molar-refractivity contribution < 1.29 is 27.6 Å². The highest BCUT2D eigenvalue weighted by atomic mass is 19.4. The van der Waals surface area contributed by atoms with Gasteiger partial charge in [0.15, 0.2) is 0 Å². The van der Waals surface area contributed by atoms with E-state index < -0.39 is 23.6 Å². The first-order valence-electron chi connectivity index (χ1n) is 13.2. The van der Waals surface area contributed by atoms with Crippen LogP contribution in [0, 0.1) is 0 Å². The van der Waals surface area contributed by atoms with Crippen molar-refractivity contribution in [3.05, 3.63) is 71.3 Å². The molecule has 2 saturated heterocycles. The number of rotatable bonds is 8. The lowest BCUT2D eigenvalue weighted by molar-refractivity contribution is -0.137. The van der Waals surface area contributed by atoms with E-state index in [0.717, 1.165) is 57.2 Å². The zero-order valence-corrected chi connectivity index (χ0v) is 21.9. The van der Waals surface area contributed by atoms with E-state index in [9.17, 15) is 27.6 Å². The number of halogens is 3. The number of alkyl halides is 3. The molecule has 210 valence electrons. The molecule has 2 atom stereocenters. The van der Waals surface area contributed by atoms with Crippen LogP contribution in [0.1, 0.15) is 46.0 Å². The van der Waals surface area contributed by atoms with Gasteiger partial charge in [-0.1, -0.05) is 24.3 Å². The van der Waals surface area contributed by atoms with Gasteiger partial charge in [0.25, 0.3) is 11.8 Å². The Bertz CT molecular complexity index is 1150. The Kier molecular flexibility index (Phi) is 9.24. The largest absolute Gasteiger partial charge is 0.416 e. The smallest absolute Gasteiger partial charge is 0.343 e. The van der Waals surface area contributed by atoms with Gasteiger partial charge in [-0.2, -0.15) is 13.2 Å². The van der Waals surface area contributed by atoms with Crippen molar-refractivity contribution in [3.63, 3.8) is 0 Å². The van der Waals surface area contributed by atoms with Crippen LogP contribution in [0.25, 0.3) is 0 Å². The van der Waals surface area contributed by atoms with Gasteiger partial charge >= 0.3 is 6.18 Å². The van der Waals surface area contributed by atoms with Crippen molar-refractivity contribution in [2.75, 3.05) is 45.8 Å². The second-order valence-electron chi connectivity index (χ2n) is 10.0. The molecule has 0 bridgehead atoms. The second-order valence-corrected chi connectivity index (χ2v) is 10.0. The lowest BCUT2D eigenvalue weighted by Crippen LogP contribution is -2.55. The average Bonchev–Trinajstić information content (AvgIpc) is 3.37. The molecule has 39 heavy (non-hydrogen) atoms. The molecular formula is C28H34F3N5O3. The normalized spacial score (nSPS) is 19.5. The molecule has 0 aliphatic carbocycles. The van der Waals surface area contributed by atoms with Gasteiger partial charge in [0, 0.05) is 56.4 Å². The van der Waals surface area contributed by atoms with Crippen molar-refractivity contribution >= 4 is 17.7 Å². The van der Waals surface area contributed by atoms with Gasteiger partial charge in [-0.15, -0.1) is 0 Å². The fraction of sp³-hybridized carbons (Fsp3) is 0.464. The fourth-order valence-electron chi connectivity index (χ4n) is 5.13. The molecule has 2 fully saturated rings. The maximum atomic E-state index is 12.9. The van der Waals surface area contributed by atoms with Crippen LogP contribution < -0.4 is 10.6 Å². The van der Waals surface area contributed by atoms with Gasteiger partial charge in [0.1, 0.15) is 0 Å². The van der Waals surface area contributed by atoms with Gasteiger partial charge in [-0.3, -0.25) is 24.2 Å². The van der Waals surface area contributed by atoms with E-state index >= 15 is 0 Å². The molecule has 0 radical (unpaired) electrons. The molecule has 2 aromatic rings. The Balaban J connectivity index is 1.21.